The van der Waals surface area contributed by atoms with Gasteiger partial charge in [-0.05, 0) is 12.5 Å². The number of aromatic amines is 1. The maximum Gasteiger partial charge on any atom is 0.103 e. The number of allylic oxidation sites excluding steroid dienone is 4. The van der Waals surface area contributed by atoms with Crippen LogP contribution in [0.1, 0.15) is 39.2 Å². The van der Waals surface area contributed by atoms with Crippen LogP contribution in [0, 0.1) is 6.92 Å². The summed E-state index contributed by atoms with van der Waals surface area (Å²) in [5, 5.41) is 0. The molecule has 2 nitrogen and oxygen atoms in total. The molecule has 1 N–H and O–H groups in total. The van der Waals surface area contributed by atoms with E-state index < -0.39 is 0 Å². The van der Waals surface area contributed by atoms with E-state index in [1.807, 2.05) is 46.8 Å². The summed E-state index contributed by atoms with van der Waals surface area (Å²) in [5.74, 6) is 0.901. The molecule has 0 aromatic carbocycles. The Bertz CT molecular complexity index is 319. The number of imidazole rings is 1. The molecule has 0 aliphatic rings. The van der Waals surface area contributed by atoms with Gasteiger partial charge in [0.25, 0.3) is 0 Å². The predicted octanol–water partition coefficient (Wildman–Crippen LogP) is 4.53. The molecule has 90 valence electrons. The van der Waals surface area contributed by atoms with Gasteiger partial charge < -0.3 is 4.98 Å². The summed E-state index contributed by atoms with van der Waals surface area (Å²) in [6.45, 7) is 17.4. The largest absolute Gasteiger partial charge is 0.342 e. The molecule has 16 heavy (non-hydrogen) atoms. The van der Waals surface area contributed by atoms with Crippen molar-refractivity contribution >= 4 is 5.57 Å². The van der Waals surface area contributed by atoms with Gasteiger partial charge in [-0.2, -0.15) is 0 Å². The summed E-state index contributed by atoms with van der Waals surface area (Å²) in [5.41, 5.74) is 1.86. The molecule has 0 aliphatic heterocycles. The minimum Gasteiger partial charge on any atom is -0.342 e. The second kappa shape index (κ2) is 11.5. The summed E-state index contributed by atoms with van der Waals surface area (Å²) in [6, 6.07) is 0. The molecule has 0 bridgehead atoms. The Morgan fingerprint density at radius 1 is 1.31 bits per heavy atom. The van der Waals surface area contributed by atoms with E-state index in [9.17, 15) is 0 Å². The molecule has 0 aliphatic carbocycles. The molecule has 0 amide bonds. The Hall–Kier alpha value is -1.57. The predicted molar refractivity (Wildman–Crippen MR) is 74.4 cm³/mol. The van der Waals surface area contributed by atoms with Crippen LogP contribution in [0.3, 0.4) is 0 Å². The van der Waals surface area contributed by atoms with Crippen LogP contribution in [-0.4, -0.2) is 9.97 Å². The van der Waals surface area contributed by atoms with E-state index in [-0.39, 0.29) is 0 Å². The fourth-order valence-corrected chi connectivity index (χ4v) is 0.858. The Morgan fingerprint density at radius 3 is 2.25 bits per heavy atom. The second-order valence-electron chi connectivity index (χ2n) is 2.50. The third kappa shape index (κ3) is 6.82. The number of hydrogen-bond donors (Lipinski definition) is 1. The second-order valence-corrected chi connectivity index (χ2v) is 2.50. The monoisotopic (exact) mass is 220 g/mol. The number of H-pyrrole nitrogens is 1. The number of hydrogen-bond acceptors (Lipinski definition) is 1. The van der Waals surface area contributed by atoms with Crippen molar-refractivity contribution in [1.82, 2.24) is 9.97 Å². The van der Waals surface area contributed by atoms with Crippen LogP contribution in [0.25, 0.3) is 5.57 Å². The summed E-state index contributed by atoms with van der Waals surface area (Å²) in [6.07, 6.45) is 7.22. The number of aromatic nitrogens is 2. The van der Waals surface area contributed by atoms with E-state index in [0.717, 1.165) is 17.1 Å². The zero-order valence-corrected chi connectivity index (χ0v) is 11.2. The molecule has 1 heterocycles. The highest BCUT2D eigenvalue weighted by molar-refractivity contribution is 5.69. The Labute approximate surface area is 99.8 Å². The van der Waals surface area contributed by atoms with Crippen LogP contribution in [0.5, 0.6) is 0 Å². The first-order valence-corrected chi connectivity index (χ1v) is 5.74. The van der Waals surface area contributed by atoms with Crippen molar-refractivity contribution in [2.75, 3.05) is 0 Å². The van der Waals surface area contributed by atoms with E-state index in [1.165, 1.54) is 0 Å². The van der Waals surface area contributed by atoms with E-state index in [2.05, 4.69) is 23.1 Å². The van der Waals surface area contributed by atoms with Crippen LogP contribution in [0.2, 0.25) is 0 Å². The highest BCUT2D eigenvalue weighted by Crippen LogP contribution is 2.10. The standard InChI is InChI=1S/C10H12N2.2C2H6/c1-4-5-6-8(2)10-7-11-9(3)12-10;2*1-2/h4-7H,1-2H2,3H3,(H,11,12);2*1-2H3/b6-5-;;. The first-order valence-electron chi connectivity index (χ1n) is 5.74. The molecule has 1 aromatic rings. The topological polar surface area (TPSA) is 28.7 Å². The van der Waals surface area contributed by atoms with Gasteiger partial charge in [0, 0.05) is 0 Å². The average Bonchev–Trinajstić information content (AvgIpc) is 2.78. The molecule has 2 heteroatoms. The third-order valence-electron chi connectivity index (χ3n) is 1.48. The van der Waals surface area contributed by atoms with Crippen molar-refractivity contribution in [3.05, 3.63) is 49.1 Å². The van der Waals surface area contributed by atoms with Gasteiger partial charge in [0.2, 0.25) is 0 Å². The summed E-state index contributed by atoms with van der Waals surface area (Å²) in [4.78, 5) is 7.16. The molecule has 0 atom stereocenters. The first kappa shape index (κ1) is 16.8. The molecule has 0 saturated heterocycles. The van der Waals surface area contributed by atoms with Crippen LogP contribution < -0.4 is 0 Å². The molecule has 1 rings (SSSR count). The van der Waals surface area contributed by atoms with E-state index in [1.54, 1.807) is 12.3 Å². The van der Waals surface area contributed by atoms with E-state index >= 15 is 0 Å². The van der Waals surface area contributed by atoms with Gasteiger partial charge in [0.05, 0.1) is 11.9 Å². The Balaban J connectivity index is 0. The molecule has 0 saturated carbocycles. The smallest absolute Gasteiger partial charge is 0.103 e. The van der Waals surface area contributed by atoms with Gasteiger partial charge in [-0.3, -0.25) is 0 Å². The molecular formula is C14H24N2. The van der Waals surface area contributed by atoms with Crippen molar-refractivity contribution in [3.8, 4) is 0 Å². The molecular weight excluding hydrogens is 196 g/mol. The van der Waals surface area contributed by atoms with Gasteiger partial charge in [-0.25, -0.2) is 4.98 Å². The highest BCUT2D eigenvalue weighted by atomic mass is 14.9. The maximum atomic E-state index is 4.07. The van der Waals surface area contributed by atoms with Gasteiger partial charge >= 0.3 is 0 Å². The molecule has 0 unspecified atom stereocenters. The van der Waals surface area contributed by atoms with Gasteiger partial charge in [-0.1, -0.05) is 59.1 Å². The Kier molecular flexibility index (Phi) is 12.1. The zero-order valence-electron chi connectivity index (χ0n) is 11.2. The number of nitrogens with one attached hydrogen (secondary N) is 1. The zero-order chi connectivity index (χ0) is 13.0. The van der Waals surface area contributed by atoms with Gasteiger partial charge in [-0.15, -0.1) is 0 Å². The van der Waals surface area contributed by atoms with Crippen LogP contribution in [-0.2, 0) is 0 Å². The normalized spacial score (nSPS) is 8.56. The van der Waals surface area contributed by atoms with Crippen LogP contribution >= 0.6 is 0 Å². The van der Waals surface area contributed by atoms with E-state index in [0.29, 0.717) is 0 Å². The van der Waals surface area contributed by atoms with Crippen LogP contribution in [0.4, 0.5) is 0 Å². The lowest BCUT2D eigenvalue weighted by Crippen LogP contribution is -1.78. The molecule has 1 aromatic heterocycles. The first-order chi connectivity index (χ1) is 7.74. The Morgan fingerprint density at radius 2 is 1.88 bits per heavy atom. The summed E-state index contributed by atoms with van der Waals surface area (Å²) in [7, 11) is 0. The minimum absolute atomic E-state index is 0.901. The lowest BCUT2D eigenvalue weighted by Gasteiger charge is -1.92. The quantitative estimate of drug-likeness (QED) is 0.745. The number of rotatable bonds is 3. The molecule has 0 spiro atoms. The van der Waals surface area contributed by atoms with Crippen molar-refractivity contribution in [1.29, 1.82) is 0 Å². The van der Waals surface area contributed by atoms with Crippen LogP contribution in [0.15, 0.2) is 37.6 Å². The number of nitrogens with zero attached hydrogens (tertiary/aromatic N) is 1. The highest BCUT2D eigenvalue weighted by Gasteiger charge is 1.96. The van der Waals surface area contributed by atoms with Gasteiger partial charge in [0.15, 0.2) is 0 Å². The van der Waals surface area contributed by atoms with Crippen molar-refractivity contribution < 1.29 is 0 Å². The molecule has 0 fully saturated rings. The van der Waals surface area contributed by atoms with Gasteiger partial charge in [0.1, 0.15) is 5.82 Å². The number of aryl methyl sites for hydroxylation is 1. The fraction of sp³-hybridized carbons (Fsp3) is 0.357. The molecule has 0 radical (unpaired) electrons. The van der Waals surface area contributed by atoms with Crippen molar-refractivity contribution in [3.63, 3.8) is 0 Å². The lowest BCUT2D eigenvalue weighted by atomic mass is 10.2. The van der Waals surface area contributed by atoms with E-state index in [4.69, 9.17) is 0 Å². The maximum absolute atomic E-state index is 4.07. The minimum atomic E-state index is 0.901. The summed E-state index contributed by atoms with van der Waals surface area (Å²) >= 11 is 0. The SMILES string of the molecule is C=C/C=C\C(=C)c1cnc(C)[nH]1.CC.CC. The summed E-state index contributed by atoms with van der Waals surface area (Å²) < 4.78 is 0. The lowest BCUT2D eigenvalue weighted by molar-refractivity contribution is 1.14. The average molecular weight is 220 g/mol. The van der Waals surface area contributed by atoms with Crippen molar-refractivity contribution in [2.24, 2.45) is 0 Å². The van der Waals surface area contributed by atoms with Crippen molar-refractivity contribution in [2.45, 2.75) is 34.6 Å². The fourth-order valence-electron chi connectivity index (χ4n) is 0.858. The third-order valence-corrected chi connectivity index (χ3v) is 1.48.